The van der Waals surface area contributed by atoms with Crippen LogP contribution in [0.2, 0.25) is 5.15 Å². The molecule has 0 saturated heterocycles. The zero-order valence-electron chi connectivity index (χ0n) is 14.2. The maximum atomic E-state index is 14.3. The Hall–Kier alpha value is -1.27. The van der Waals surface area contributed by atoms with Crippen LogP contribution in [0.1, 0.15) is 17.8 Å². The number of nitrogens with zero attached hydrogens (tertiary/aromatic N) is 3. The van der Waals surface area contributed by atoms with Crippen molar-refractivity contribution in [2.24, 2.45) is 0 Å². The van der Waals surface area contributed by atoms with Crippen molar-refractivity contribution in [3.8, 4) is 5.88 Å². The average molecular weight is 495 g/mol. The highest BCUT2D eigenvalue weighted by atomic mass is 79.9. The van der Waals surface area contributed by atoms with E-state index in [1.165, 1.54) is 23.1 Å². The zero-order valence-corrected chi connectivity index (χ0v) is 18.2. The van der Waals surface area contributed by atoms with E-state index < -0.39 is 16.5 Å². The van der Waals surface area contributed by atoms with Gasteiger partial charge in [-0.25, -0.2) is 14.4 Å². The van der Waals surface area contributed by atoms with Gasteiger partial charge in [0.15, 0.2) is 16.1 Å². The van der Waals surface area contributed by atoms with E-state index >= 15 is 0 Å². The zero-order chi connectivity index (χ0) is 19.6. The van der Waals surface area contributed by atoms with E-state index in [1.54, 1.807) is 11.8 Å². The normalized spacial score (nSPS) is 12.5. The minimum atomic E-state index is -0.845. The van der Waals surface area contributed by atoms with Gasteiger partial charge in [-0.3, -0.25) is 4.79 Å². The van der Waals surface area contributed by atoms with Crippen molar-refractivity contribution < 1.29 is 9.13 Å². The molecular weight excluding hydrogens is 481 g/mol. The highest BCUT2D eigenvalue weighted by Crippen LogP contribution is 2.28. The molecule has 27 heavy (non-hydrogen) atoms. The minimum Gasteiger partial charge on any atom is -0.476 e. The standard InChI is InChI=1S/C15H14BrClFN5O2S2/c1-6(10-11(16)20-5-27-10)19-3-4-25-14-7-9(8(18)12(17)22-14)21-15(26-2)23-13(7)24/h5-6,19H,3-4H2,1-2H3,(H,21,23,24). The van der Waals surface area contributed by atoms with Crippen LogP contribution in [0.5, 0.6) is 5.88 Å². The number of ether oxygens (including phenoxy) is 1. The van der Waals surface area contributed by atoms with Crippen LogP contribution in [-0.4, -0.2) is 39.3 Å². The molecule has 0 radical (unpaired) electrons. The first-order valence-electron chi connectivity index (χ1n) is 7.70. The molecule has 0 saturated carbocycles. The molecule has 1 atom stereocenters. The summed E-state index contributed by atoms with van der Waals surface area (Å²) in [6, 6.07) is 0.0613. The van der Waals surface area contributed by atoms with Crippen LogP contribution < -0.4 is 15.6 Å². The van der Waals surface area contributed by atoms with Gasteiger partial charge < -0.3 is 15.0 Å². The van der Waals surface area contributed by atoms with Gasteiger partial charge >= 0.3 is 0 Å². The fourth-order valence-electron chi connectivity index (χ4n) is 2.34. The maximum Gasteiger partial charge on any atom is 0.265 e. The molecule has 1 unspecified atom stereocenters. The van der Waals surface area contributed by atoms with Crippen molar-refractivity contribution in [2.45, 2.75) is 18.1 Å². The Kier molecular flexibility index (Phi) is 6.69. The third-order valence-electron chi connectivity index (χ3n) is 3.63. The number of fused-ring (bicyclic) bond motifs is 1. The van der Waals surface area contributed by atoms with Gasteiger partial charge in [0.05, 0.1) is 10.4 Å². The molecule has 0 aromatic carbocycles. The van der Waals surface area contributed by atoms with E-state index in [-0.39, 0.29) is 34.6 Å². The third-order valence-corrected chi connectivity index (χ3v) is 6.36. The number of aromatic nitrogens is 4. The predicted octanol–water partition coefficient (Wildman–Crippen LogP) is 3.78. The number of rotatable bonds is 7. The van der Waals surface area contributed by atoms with E-state index in [0.29, 0.717) is 6.54 Å². The number of thiazole rings is 1. The highest BCUT2D eigenvalue weighted by Gasteiger charge is 2.19. The van der Waals surface area contributed by atoms with Crippen LogP contribution in [0.15, 0.2) is 20.1 Å². The second kappa shape index (κ2) is 8.82. The highest BCUT2D eigenvalue weighted by molar-refractivity contribution is 9.10. The largest absolute Gasteiger partial charge is 0.476 e. The average Bonchev–Trinajstić information content (AvgIpc) is 3.08. The molecule has 3 aromatic rings. The summed E-state index contributed by atoms with van der Waals surface area (Å²) in [7, 11) is 0. The number of H-pyrrole nitrogens is 1. The Morgan fingerprint density at radius 3 is 2.96 bits per heavy atom. The van der Waals surface area contributed by atoms with Crippen LogP contribution in [0.4, 0.5) is 4.39 Å². The summed E-state index contributed by atoms with van der Waals surface area (Å²) in [6.45, 7) is 2.67. The smallest absolute Gasteiger partial charge is 0.265 e. The lowest BCUT2D eigenvalue weighted by atomic mass is 10.3. The maximum absolute atomic E-state index is 14.3. The molecule has 0 fully saturated rings. The van der Waals surface area contributed by atoms with Crippen LogP contribution in [0.3, 0.4) is 0 Å². The number of halogens is 3. The molecule has 0 aliphatic heterocycles. The first-order valence-corrected chi connectivity index (χ1v) is 11.0. The lowest BCUT2D eigenvalue weighted by molar-refractivity contribution is 0.300. The number of nitrogens with one attached hydrogen (secondary N) is 2. The van der Waals surface area contributed by atoms with Crippen molar-refractivity contribution >= 4 is 61.5 Å². The molecule has 0 bridgehead atoms. The molecule has 3 heterocycles. The topological polar surface area (TPSA) is 92.8 Å². The molecule has 3 aromatic heterocycles. The van der Waals surface area contributed by atoms with Crippen molar-refractivity contribution in [2.75, 3.05) is 19.4 Å². The first kappa shape index (κ1) is 20.5. The minimum absolute atomic E-state index is 0.0498. The van der Waals surface area contributed by atoms with Crippen LogP contribution in [-0.2, 0) is 0 Å². The summed E-state index contributed by atoms with van der Waals surface area (Å²) < 4.78 is 20.7. The SMILES string of the molecule is CSc1nc2c(F)c(Cl)nc(OCCNC(C)c3scnc3Br)c2c(=O)[nH]1. The van der Waals surface area contributed by atoms with Crippen molar-refractivity contribution in [1.29, 1.82) is 0 Å². The molecule has 0 amide bonds. The number of hydrogen-bond acceptors (Lipinski definition) is 8. The summed E-state index contributed by atoms with van der Waals surface area (Å²) in [5, 5.41) is 3.11. The monoisotopic (exact) mass is 493 g/mol. The van der Waals surface area contributed by atoms with Crippen molar-refractivity contribution in [1.82, 2.24) is 25.3 Å². The van der Waals surface area contributed by atoms with Gasteiger partial charge in [0.25, 0.3) is 5.56 Å². The Bertz CT molecular complexity index is 1030. The molecule has 12 heteroatoms. The second-order valence-corrected chi connectivity index (χ2v) is 8.14. The lowest BCUT2D eigenvalue weighted by Crippen LogP contribution is -2.24. The van der Waals surface area contributed by atoms with Crippen LogP contribution >= 0.6 is 50.6 Å². The summed E-state index contributed by atoms with van der Waals surface area (Å²) in [5.41, 5.74) is 1.07. The number of thioether (sulfide) groups is 1. The summed E-state index contributed by atoms with van der Waals surface area (Å²) in [4.78, 5) is 28.0. The van der Waals surface area contributed by atoms with Gasteiger partial charge in [0.2, 0.25) is 5.88 Å². The number of aromatic amines is 1. The van der Waals surface area contributed by atoms with Gasteiger partial charge in [0, 0.05) is 12.6 Å². The molecular formula is C15H14BrClFN5O2S2. The quantitative estimate of drug-likeness (QED) is 0.223. The van der Waals surface area contributed by atoms with E-state index in [9.17, 15) is 9.18 Å². The molecule has 0 aliphatic rings. The van der Waals surface area contributed by atoms with Gasteiger partial charge in [-0.2, -0.15) is 4.98 Å². The van der Waals surface area contributed by atoms with Gasteiger partial charge in [-0.1, -0.05) is 23.4 Å². The van der Waals surface area contributed by atoms with E-state index in [0.717, 1.165) is 9.48 Å². The van der Waals surface area contributed by atoms with E-state index in [4.69, 9.17) is 16.3 Å². The summed E-state index contributed by atoms with van der Waals surface area (Å²) >= 11 is 12.0. The van der Waals surface area contributed by atoms with Gasteiger partial charge in [-0.15, -0.1) is 11.3 Å². The summed E-state index contributed by atoms with van der Waals surface area (Å²) in [6.07, 6.45) is 1.72. The molecule has 0 aliphatic carbocycles. The third kappa shape index (κ3) is 4.43. The molecule has 7 nitrogen and oxygen atoms in total. The van der Waals surface area contributed by atoms with Gasteiger partial charge in [0.1, 0.15) is 22.1 Å². The Morgan fingerprint density at radius 2 is 2.30 bits per heavy atom. The molecule has 3 rings (SSSR count). The Labute approximate surface area is 175 Å². The number of hydrogen-bond donors (Lipinski definition) is 2. The molecule has 144 valence electrons. The van der Waals surface area contributed by atoms with Crippen molar-refractivity contribution in [3.63, 3.8) is 0 Å². The fourth-order valence-corrected chi connectivity index (χ4v) is 4.46. The van der Waals surface area contributed by atoms with Crippen LogP contribution in [0, 0.1) is 5.82 Å². The van der Waals surface area contributed by atoms with Crippen molar-refractivity contribution in [3.05, 3.63) is 36.3 Å². The molecule has 2 N–H and O–H groups in total. The lowest BCUT2D eigenvalue weighted by Gasteiger charge is -2.13. The second-order valence-electron chi connectivity index (χ2n) is 5.35. The summed E-state index contributed by atoms with van der Waals surface area (Å²) in [5.74, 6) is -0.895. The predicted molar refractivity (Wildman–Crippen MR) is 109 cm³/mol. The van der Waals surface area contributed by atoms with Gasteiger partial charge in [-0.05, 0) is 29.1 Å². The fraction of sp³-hybridized carbons (Fsp3) is 0.333. The Balaban J connectivity index is 1.76. The number of pyridine rings is 1. The molecule has 0 spiro atoms. The van der Waals surface area contributed by atoms with E-state index in [2.05, 4.69) is 41.2 Å². The Morgan fingerprint density at radius 1 is 1.52 bits per heavy atom. The van der Waals surface area contributed by atoms with E-state index in [1.807, 2.05) is 6.92 Å². The first-order chi connectivity index (χ1) is 12.9. The van der Waals surface area contributed by atoms with Crippen LogP contribution in [0.25, 0.3) is 10.9 Å².